The van der Waals surface area contributed by atoms with Crippen molar-refractivity contribution < 1.29 is 13.9 Å². The molecule has 0 fully saturated rings. The Morgan fingerprint density at radius 1 is 1.08 bits per heavy atom. The molecule has 4 nitrogen and oxygen atoms in total. The Morgan fingerprint density at radius 3 is 2.58 bits per heavy atom. The predicted octanol–water partition coefficient (Wildman–Crippen LogP) is 4.78. The van der Waals surface area contributed by atoms with E-state index in [0.717, 1.165) is 28.6 Å². The third-order valence-electron chi connectivity index (χ3n) is 3.93. The van der Waals surface area contributed by atoms with Gasteiger partial charge in [0.1, 0.15) is 11.5 Å². The predicted molar refractivity (Wildman–Crippen MR) is 93.7 cm³/mol. The summed E-state index contributed by atoms with van der Waals surface area (Å²) in [6.45, 7) is 2.05. The molecule has 0 bridgehead atoms. The highest BCUT2D eigenvalue weighted by molar-refractivity contribution is 5.87. The maximum atomic E-state index is 14.2. The Morgan fingerprint density at radius 2 is 1.92 bits per heavy atom. The van der Waals surface area contributed by atoms with Crippen molar-refractivity contribution >= 4 is 16.6 Å². The SMILES string of the molecule is CCc1cc2c(Oc3ccc(NC)cc3F)ccnc2cc1OC. The van der Waals surface area contributed by atoms with Gasteiger partial charge in [0.15, 0.2) is 11.6 Å². The largest absolute Gasteiger partial charge is 0.496 e. The van der Waals surface area contributed by atoms with Gasteiger partial charge in [-0.15, -0.1) is 0 Å². The third kappa shape index (κ3) is 2.97. The number of methoxy groups -OCH3 is 1. The first kappa shape index (κ1) is 16.1. The maximum absolute atomic E-state index is 14.2. The molecule has 0 aliphatic rings. The highest BCUT2D eigenvalue weighted by Crippen LogP contribution is 2.34. The molecule has 0 radical (unpaired) electrons. The number of ether oxygens (including phenoxy) is 2. The minimum Gasteiger partial charge on any atom is -0.496 e. The van der Waals surface area contributed by atoms with Gasteiger partial charge in [0.2, 0.25) is 0 Å². The molecule has 0 unspecified atom stereocenters. The number of aryl methyl sites for hydroxylation is 1. The molecular weight excluding hydrogens is 307 g/mol. The second kappa shape index (κ2) is 6.74. The molecule has 0 atom stereocenters. The number of nitrogens with zero attached hydrogens (tertiary/aromatic N) is 1. The van der Waals surface area contributed by atoms with Crippen LogP contribution in [-0.2, 0) is 6.42 Å². The number of hydrogen-bond acceptors (Lipinski definition) is 4. The van der Waals surface area contributed by atoms with E-state index in [0.29, 0.717) is 11.4 Å². The summed E-state index contributed by atoms with van der Waals surface area (Å²) in [5, 5.41) is 3.72. The Balaban J connectivity index is 2.06. The minimum absolute atomic E-state index is 0.176. The van der Waals surface area contributed by atoms with Crippen molar-refractivity contribution in [3.8, 4) is 17.2 Å². The average Bonchev–Trinajstić information content (AvgIpc) is 2.62. The molecule has 3 rings (SSSR count). The highest BCUT2D eigenvalue weighted by Gasteiger charge is 2.12. The Bertz CT molecular complexity index is 881. The molecule has 0 aliphatic heterocycles. The second-order valence-electron chi connectivity index (χ2n) is 5.34. The minimum atomic E-state index is -0.420. The first-order chi connectivity index (χ1) is 11.7. The van der Waals surface area contributed by atoms with E-state index in [1.807, 2.05) is 12.1 Å². The van der Waals surface area contributed by atoms with Crippen LogP contribution in [0.5, 0.6) is 17.2 Å². The van der Waals surface area contributed by atoms with E-state index >= 15 is 0 Å². The fourth-order valence-electron chi connectivity index (χ4n) is 2.61. The van der Waals surface area contributed by atoms with Gasteiger partial charge in [0, 0.05) is 36.5 Å². The molecule has 24 heavy (non-hydrogen) atoms. The number of rotatable bonds is 5. The quantitative estimate of drug-likeness (QED) is 0.733. The molecule has 1 aromatic heterocycles. The third-order valence-corrected chi connectivity index (χ3v) is 3.93. The molecule has 1 heterocycles. The van der Waals surface area contributed by atoms with Crippen LogP contribution in [0.2, 0.25) is 0 Å². The fraction of sp³-hybridized carbons (Fsp3) is 0.211. The standard InChI is InChI=1S/C19H19FN2O2/c1-4-12-9-14-16(11-19(12)23-3)22-8-7-17(14)24-18-6-5-13(21-2)10-15(18)20/h5-11,21H,4H2,1-3H3. The van der Waals surface area contributed by atoms with Gasteiger partial charge < -0.3 is 14.8 Å². The number of anilines is 1. The van der Waals surface area contributed by atoms with Crippen LogP contribution in [0.25, 0.3) is 10.9 Å². The van der Waals surface area contributed by atoms with Crippen LogP contribution in [0.1, 0.15) is 12.5 Å². The highest BCUT2D eigenvalue weighted by atomic mass is 19.1. The molecule has 1 N–H and O–H groups in total. The first-order valence-corrected chi connectivity index (χ1v) is 7.77. The van der Waals surface area contributed by atoms with Crippen LogP contribution in [0.3, 0.4) is 0 Å². The lowest BCUT2D eigenvalue weighted by molar-refractivity contribution is 0.410. The molecule has 0 spiro atoms. The van der Waals surface area contributed by atoms with E-state index in [1.54, 1.807) is 38.6 Å². The molecule has 0 saturated heterocycles. The van der Waals surface area contributed by atoms with Crippen molar-refractivity contribution in [3.63, 3.8) is 0 Å². The number of aromatic nitrogens is 1. The summed E-state index contributed by atoms with van der Waals surface area (Å²) in [7, 11) is 3.38. The number of benzene rings is 2. The Labute approximate surface area is 140 Å². The molecule has 3 aromatic rings. The summed E-state index contributed by atoms with van der Waals surface area (Å²) in [6, 6.07) is 10.4. The van der Waals surface area contributed by atoms with E-state index < -0.39 is 5.82 Å². The molecule has 124 valence electrons. The summed E-state index contributed by atoms with van der Waals surface area (Å²) < 4.78 is 25.4. The van der Waals surface area contributed by atoms with Crippen LogP contribution in [0, 0.1) is 5.82 Å². The van der Waals surface area contributed by atoms with Gasteiger partial charge in [-0.1, -0.05) is 6.92 Å². The zero-order chi connectivity index (χ0) is 17.1. The smallest absolute Gasteiger partial charge is 0.167 e. The number of fused-ring (bicyclic) bond motifs is 1. The van der Waals surface area contributed by atoms with E-state index in [4.69, 9.17) is 9.47 Å². The number of nitrogens with one attached hydrogen (secondary N) is 1. The Hall–Kier alpha value is -2.82. The van der Waals surface area contributed by atoms with Gasteiger partial charge in [-0.2, -0.15) is 0 Å². The number of halogens is 1. The van der Waals surface area contributed by atoms with Gasteiger partial charge in [-0.3, -0.25) is 4.98 Å². The van der Waals surface area contributed by atoms with E-state index in [9.17, 15) is 4.39 Å². The summed E-state index contributed by atoms with van der Waals surface area (Å²) >= 11 is 0. The molecule has 0 saturated carbocycles. The van der Waals surface area contributed by atoms with Crippen LogP contribution in [0.15, 0.2) is 42.6 Å². The van der Waals surface area contributed by atoms with Crippen LogP contribution in [-0.4, -0.2) is 19.1 Å². The summed E-state index contributed by atoms with van der Waals surface area (Å²) in [5.41, 5.74) is 2.49. The Kier molecular flexibility index (Phi) is 4.51. The van der Waals surface area contributed by atoms with E-state index in [1.165, 1.54) is 6.07 Å². The van der Waals surface area contributed by atoms with Crippen molar-refractivity contribution in [2.24, 2.45) is 0 Å². The maximum Gasteiger partial charge on any atom is 0.167 e. The molecule has 0 amide bonds. The second-order valence-corrected chi connectivity index (χ2v) is 5.34. The lowest BCUT2D eigenvalue weighted by Crippen LogP contribution is -1.95. The van der Waals surface area contributed by atoms with Gasteiger partial charge in [0.25, 0.3) is 0 Å². The lowest BCUT2D eigenvalue weighted by atomic mass is 10.1. The number of pyridine rings is 1. The van der Waals surface area contributed by atoms with Gasteiger partial charge in [-0.25, -0.2) is 4.39 Å². The molecule has 5 heteroatoms. The van der Waals surface area contributed by atoms with E-state index in [2.05, 4.69) is 17.2 Å². The topological polar surface area (TPSA) is 43.4 Å². The van der Waals surface area contributed by atoms with Crippen molar-refractivity contribution in [1.29, 1.82) is 0 Å². The van der Waals surface area contributed by atoms with Gasteiger partial charge in [-0.05, 0) is 36.2 Å². The van der Waals surface area contributed by atoms with Gasteiger partial charge >= 0.3 is 0 Å². The monoisotopic (exact) mass is 326 g/mol. The lowest BCUT2D eigenvalue weighted by Gasteiger charge is -2.13. The normalized spacial score (nSPS) is 10.7. The first-order valence-electron chi connectivity index (χ1n) is 7.77. The number of hydrogen-bond donors (Lipinski definition) is 1. The fourth-order valence-corrected chi connectivity index (χ4v) is 2.61. The zero-order valence-corrected chi connectivity index (χ0v) is 13.9. The van der Waals surface area contributed by atoms with Crippen LogP contribution in [0.4, 0.5) is 10.1 Å². The van der Waals surface area contributed by atoms with Crippen LogP contribution < -0.4 is 14.8 Å². The van der Waals surface area contributed by atoms with E-state index in [-0.39, 0.29) is 5.75 Å². The summed E-state index contributed by atoms with van der Waals surface area (Å²) in [4.78, 5) is 4.35. The molecule has 0 aliphatic carbocycles. The summed E-state index contributed by atoms with van der Waals surface area (Å²) in [6.07, 6.45) is 2.46. The van der Waals surface area contributed by atoms with Crippen molar-refractivity contribution in [3.05, 3.63) is 54.0 Å². The molecular formula is C19H19FN2O2. The molecule has 2 aromatic carbocycles. The average molecular weight is 326 g/mol. The summed E-state index contributed by atoms with van der Waals surface area (Å²) in [5.74, 6) is 1.11. The van der Waals surface area contributed by atoms with Crippen molar-refractivity contribution in [1.82, 2.24) is 4.98 Å². The van der Waals surface area contributed by atoms with Crippen molar-refractivity contribution in [2.45, 2.75) is 13.3 Å². The van der Waals surface area contributed by atoms with Crippen molar-refractivity contribution in [2.75, 3.05) is 19.5 Å². The van der Waals surface area contributed by atoms with Crippen LogP contribution >= 0.6 is 0 Å². The van der Waals surface area contributed by atoms with Gasteiger partial charge in [0.05, 0.1) is 12.6 Å². The zero-order valence-electron chi connectivity index (χ0n) is 13.9.